The maximum atomic E-state index is 6.07. The summed E-state index contributed by atoms with van der Waals surface area (Å²) in [5.41, 5.74) is 0. The van der Waals surface area contributed by atoms with Crippen molar-refractivity contribution in [3.8, 4) is 0 Å². The number of imidazole rings is 1. The van der Waals surface area contributed by atoms with E-state index in [1.807, 2.05) is 6.20 Å². The lowest BCUT2D eigenvalue weighted by molar-refractivity contribution is 0.0155. The Kier molecular flexibility index (Phi) is 6.05. The van der Waals surface area contributed by atoms with E-state index in [-0.39, 0.29) is 12.1 Å². The van der Waals surface area contributed by atoms with E-state index < -0.39 is 0 Å². The molecular weight excluding hydrogens is 250 g/mol. The maximum Gasteiger partial charge on any atom is 0.128 e. The van der Waals surface area contributed by atoms with E-state index in [2.05, 4.69) is 41.8 Å². The molecule has 0 spiro atoms. The minimum atomic E-state index is 0.226. The number of nitrogens with one attached hydrogen (secondary N) is 1. The monoisotopic (exact) mass is 279 g/mol. The molecule has 4 nitrogen and oxygen atoms in total. The second-order valence-electron chi connectivity index (χ2n) is 5.67. The highest BCUT2D eigenvalue weighted by molar-refractivity contribution is 5.06. The van der Waals surface area contributed by atoms with Gasteiger partial charge in [0.2, 0.25) is 0 Å². The largest absolute Gasteiger partial charge is 0.376 e. The van der Waals surface area contributed by atoms with Gasteiger partial charge in [0.25, 0.3) is 0 Å². The van der Waals surface area contributed by atoms with E-state index in [9.17, 15) is 0 Å². The Bertz CT molecular complexity index is 387. The van der Waals surface area contributed by atoms with Crippen molar-refractivity contribution in [3.05, 3.63) is 18.2 Å². The summed E-state index contributed by atoms with van der Waals surface area (Å²) >= 11 is 0. The van der Waals surface area contributed by atoms with Gasteiger partial charge in [-0.3, -0.25) is 0 Å². The summed E-state index contributed by atoms with van der Waals surface area (Å²) in [5.74, 6) is 1.85. The number of rotatable bonds is 10. The molecule has 4 heteroatoms. The molecule has 0 radical (unpaired) electrons. The summed E-state index contributed by atoms with van der Waals surface area (Å²) in [7, 11) is 0. The van der Waals surface area contributed by atoms with Crippen LogP contribution < -0.4 is 5.32 Å². The fourth-order valence-electron chi connectivity index (χ4n) is 2.81. The first-order chi connectivity index (χ1) is 9.81. The van der Waals surface area contributed by atoms with Crippen molar-refractivity contribution < 1.29 is 4.74 Å². The van der Waals surface area contributed by atoms with E-state index in [0.717, 1.165) is 38.4 Å². The molecule has 1 aromatic heterocycles. The van der Waals surface area contributed by atoms with Crippen molar-refractivity contribution in [2.24, 2.45) is 5.92 Å². The summed E-state index contributed by atoms with van der Waals surface area (Å²) in [5, 5.41) is 3.67. The third kappa shape index (κ3) is 3.83. The third-order valence-electron chi connectivity index (χ3n) is 3.88. The lowest BCUT2D eigenvalue weighted by Crippen LogP contribution is -2.37. The van der Waals surface area contributed by atoms with Crippen LogP contribution in [0.25, 0.3) is 0 Å². The molecule has 0 saturated heterocycles. The van der Waals surface area contributed by atoms with Gasteiger partial charge < -0.3 is 14.6 Å². The van der Waals surface area contributed by atoms with Gasteiger partial charge in [0, 0.05) is 25.5 Å². The molecule has 1 aliphatic carbocycles. The molecule has 0 amide bonds. The van der Waals surface area contributed by atoms with Crippen LogP contribution in [0.5, 0.6) is 0 Å². The van der Waals surface area contributed by atoms with Crippen LogP contribution in [-0.2, 0) is 11.3 Å². The smallest absolute Gasteiger partial charge is 0.128 e. The Morgan fingerprint density at radius 3 is 2.75 bits per heavy atom. The van der Waals surface area contributed by atoms with Gasteiger partial charge in [-0.2, -0.15) is 0 Å². The van der Waals surface area contributed by atoms with Crippen LogP contribution in [0.15, 0.2) is 12.4 Å². The van der Waals surface area contributed by atoms with Crippen LogP contribution in [0.2, 0.25) is 0 Å². The van der Waals surface area contributed by atoms with Gasteiger partial charge in [-0.15, -0.1) is 0 Å². The molecule has 0 aliphatic heterocycles. The van der Waals surface area contributed by atoms with E-state index in [1.54, 1.807) is 0 Å². The number of hydrogen-bond donors (Lipinski definition) is 1. The molecule has 1 aliphatic rings. The highest BCUT2D eigenvalue weighted by Crippen LogP contribution is 2.39. The lowest BCUT2D eigenvalue weighted by atomic mass is 10.0. The molecule has 114 valence electrons. The maximum absolute atomic E-state index is 6.07. The van der Waals surface area contributed by atoms with E-state index in [1.165, 1.54) is 12.8 Å². The number of nitrogens with zero attached hydrogens (tertiary/aromatic N) is 2. The summed E-state index contributed by atoms with van der Waals surface area (Å²) in [6.07, 6.45) is 9.13. The molecule has 0 bridgehead atoms. The van der Waals surface area contributed by atoms with Crippen molar-refractivity contribution in [2.75, 3.05) is 13.2 Å². The molecule has 1 heterocycles. The number of hydrogen-bond acceptors (Lipinski definition) is 3. The van der Waals surface area contributed by atoms with Gasteiger partial charge in [-0.05, 0) is 45.1 Å². The van der Waals surface area contributed by atoms with Crippen LogP contribution >= 0.6 is 0 Å². The molecule has 2 rings (SSSR count). The topological polar surface area (TPSA) is 39.1 Å². The minimum absolute atomic E-state index is 0.226. The van der Waals surface area contributed by atoms with Crippen molar-refractivity contribution in [3.63, 3.8) is 0 Å². The Labute approximate surface area is 122 Å². The van der Waals surface area contributed by atoms with Crippen molar-refractivity contribution in [2.45, 2.75) is 65.1 Å². The highest BCUT2D eigenvalue weighted by atomic mass is 16.5. The summed E-state index contributed by atoms with van der Waals surface area (Å²) in [6.45, 7) is 9.32. The highest BCUT2D eigenvalue weighted by Gasteiger charge is 2.39. The molecular formula is C16H29N3O. The summed E-state index contributed by atoms with van der Waals surface area (Å²) in [4.78, 5) is 4.62. The summed E-state index contributed by atoms with van der Waals surface area (Å²) in [6, 6.07) is 0.226. The van der Waals surface area contributed by atoms with E-state index in [4.69, 9.17) is 4.74 Å². The molecule has 1 fully saturated rings. The normalized spacial score (nSPS) is 18.1. The average Bonchev–Trinajstić information content (AvgIpc) is 3.19. The van der Waals surface area contributed by atoms with E-state index in [0.29, 0.717) is 5.92 Å². The molecule has 20 heavy (non-hydrogen) atoms. The van der Waals surface area contributed by atoms with E-state index >= 15 is 0 Å². The summed E-state index contributed by atoms with van der Waals surface area (Å²) < 4.78 is 8.35. The first kappa shape index (κ1) is 15.5. The third-order valence-corrected chi connectivity index (χ3v) is 3.88. The van der Waals surface area contributed by atoms with Crippen molar-refractivity contribution in [1.82, 2.24) is 14.9 Å². The zero-order valence-electron chi connectivity index (χ0n) is 13.1. The van der Waals surface area contributed by atoms with Gasteiger partial charge in [0.1, 0.15) is 5.82 Å². The SMILES string of the molecule is CCCNC(c1nccn1CCC)C(OCC)C1CC1. The Morgan fingerprint density at radius 1 is 1.35 bits per heavy atom. The quantitative estimate of drug-likeness (QED) is 0.715. The zero-order valence-corrected chi connectivity index (χ0v) is 13.1. The molecule has 0 aromatic carbocycles. The predicted octanol–water partition coefficient (Wildman–Crippen LogP) is 3.15. The lowest BCUT2D eigenvalue weighted by Gasteiger charge is -2.28. The van der Waals surface area contributed by atoms with Crippen molar-refractivity contribution >= 4 is 0 Å². The Hall–Kier alpha value is -0.870. The number of aromatic nitrogens is 2. The molecule has 1 saturated carbocycles. The van der Waals surface area contributed by atoms with Gasteiger partial charge in [0.15, 0.2) is 0 Å². The van der Waals surface area contributed by atoms with Crippen molar-refractivity contribution in [1.29, 1.82) is 0 Å². The predicted molar refractivity (Wildman–Crippen MR) is 81.7 cm³/mol. The van der Waals surface area contributed by atoms with Gasteiger partial charge in [0.05, 0.1) is 12.1 Å². The first-order valence-corrected chi connectivity index (χ1v) is 8.17. The minimum Gasteiger partial charge on any atom is -0.376 e. The van der Waals surface area contributed by atoms with Crippen LogP contribution in [0, 0.1) is 5.92 Å². The standard InChI is InChI=1S/C16H29N3O/c1-4-9-17-14(15(20-6-3)13-7-8-13)16-18-10-12-19(16)11-5-2/h10,12-15,17H,4-9,11H2,1-3H3. The van der Waals surface area contributed by atoms with Crippen LogP contribution in [0.3, 0.4) is 0 Å². The molecule has 2 atom stereocenters. The molecule has 1 N–H and O–H groups in total. The van der Waals surface area contributed by atoms with Crippen LogP contribution in [0.1, 0.15) is 58.3 Å². The van der Waals surface area contributed by atoms with Gasteiger partial charge in [-0.25, -0.2) is 4.98 Å². The first-order valence-electron chi connectivity index (χ1n) is 8.17. The molecule has 1 aromatic rings. The second kappa shape index (κ2) is 7.79. The molecule has 2 unspecified atom stereocenters. The number of aryl methyl sites for hydroxylation is 1. The average molecular weight is 279 g/mol. The fourth-order valence-corrected chi connectivity index (χ4v) is 2.81. The van der Waals surface area contributed by atoms with Gasteiger partial charge in [-0.1, -0.05) is 13.8 Å². The Balaban J connectivity index is 2.17. The van der Waals surface area contributed by atoms with Gasteiger partial charge >= 0.3 is 0 Å². The number of ether oxygens (including phenoxy) is 1. The van der Waals surface area contributed by atoms with Crippen LogP contribution in [-0.4, -0.2) is 28.8 Å². The zero-order chi connectivity index (χ0) is 14.4. The van der Waals surface area contributed by atoms with Crippen LogP contribution in [0.4, 0.5) is 0 Å². The fraction of sp³-hybridized carbons (Fsp3) is 0.812. The second-order valence-corrected chi connectivity index (χ2v) is 5.67. The Morgan fingerprint density at radius 2 is 2.15 bits per heavy atom.